The Balaban J connectivity index is 1.61. The van der Waals surface area contributed by atoms with Gasteiger partial charge in [0.1, 0.15) is 5.82 Å². The third kappa shape index (κ3) is 3.89. The van der Waals surface area contributed by atoms with Crippen molar-refractivity contribution in [1.82, 2.24) is 10.3 Å². The van der Waals surface area contributed by atoms with Crippen LogP contribution >= 0.6 is 11.3 Å². The number of amides is 1. The summed E-state index contributed by atoms with van der Waals surface area (Å²) < 4.78 is 0. The maximum absolute atomic E-state index is 12.2. The van der Waals surface area contributed by atoms with Crippen LogP contribution in [0.15, 0.2) is 36.5 Å². The van der Waals surface area contributed by atoms with Crippen molar-refractivity contribution in [3.63, 3.8) is 0 Å². The third-order valence-electron chi connectivity index (χ3n) is 4.07. The Hall–Kier alpha value is -1.92. The number of piperidine rings is 1. The van der Waals surface area contributed by atoms with Crippen molar-refractivity contribution in [3.05, 3.63) is 46.3 Å². The Morgan fingerprint density at radius 3 is 3.00 bits per heavy atom. The molecule has 0 radical (unpaired) electrons. The average molecular weight is 331 g/mol. The van der Waals surface area contributed by atoms with Crippen LogP contribution in [-0.2, 0) is 0 Å². The summed E-state index contributed by atoms with van der Waals surface area (Å²) in [5.41, 5.74) is -0.919. The second kappa shape index (κ2) is 6.68. The van der Waals surface area contributed by atoms with Gasteiger partial charge in [0, 0.05) is 30.7 Å². The van der Waals surface area contributed by atoms with Crippen molar-refractivity contribution in [2.24, 2.45) is 0 Å². The monoisotopic (exact) mass is 331 g/mol. The number of carbonyl (C=O) groups excluding carboxylic acids is 1. The van der Waals surface area contributed by atoms with E-state index in [-0.39, 0.29) is 12.5 Å². The van der Waals surface area contributed by atoms with Crippen LogP contribution in [0.4, 0.5) is 5.82 Å². The van der Waals surface area contributed by atoms with Crippen LogP contribution in [0.5, 0.6) is 0 Å². The summed E-state index contributed by atoms with van der Waals surface area (Å²) >= 11 is 1.46. The number of anilines is 1. The van der Waals surface area contributed by atoms with Gasteiger partial charge in [0.2, 0.25) is 0 Å². The molecule has 0 unspecified atom stereocenters. The molecule has 0 saturated carbocycles. The molecule has 1 atom stereocenters. The standard InChI is InChI=1S/C17H21N3O2S/c1-13-6-7-14(23-13)16(21)19-11-17(22)8-4-10-20(12-17)15-5-2-3-9-18-15/h2-3,5-7,9,22H,4,8,10-12H2,1H3,(H,19,21)/t17-/m0/s1. The molecular weight excluding hydrogens is 310 g/mol. The minimum absolute atomic E-state index is 0.119. The molecule has 0 bridgehead atoms. The summed E-state index contributed by atoms with van der Waals surface area (Å²) in [6.45, 7) is 3.58. The number of nitrogens with zero attached hydrogens (tertiary/aromatic N) is 2. The Bertz CT molecular complexity index is 673. The highest BCUT2D eigenvalue weighted by atomic mass is 32.1. The van der Waals surface area contributed by atoms with E-state index in [1.165, 1.54) is 11.3 Å². The van der Waals surface area contributed by atoms with Gasteiger partial charge in [0.25, 0.3) is 5.91 Å². The number of nitrogens with one attached hydrogen (secondary N) is 1. The molecule has 2 N–H and O–H groups in total. The highest BCUT2D eigenvalue weighted by molar-refractivity contribution is 7.13. The summed E-state index contributed by atoms with van der Waals surface area (Å²) in [7, 11) is 0. The number of β-amino-alcohol motifs (C(OH)–C–C–N with tert-alkyl or cyclic N) is 1. The normalized spacial score (nSPS) is 21.2. The van der Waals surface area contributed by atoms with Gasteiger partial charge < -0.3 is 15.3 Å². The van der Waals surface area contributed by atoms with Gasteiger partial charge in [-0.05, 0) is 44.0 Å². The summed E-state index contributed by atoms with van der Waals surface area (Å²) in [6.07, 6.45) is 3.31. The molecule has 122 valence electrons. The first-order chi connectivity index (χ1) is 11.1. The molecular formula is C17H21N3O2S. The van der Waals surface area contributed by atoms with Gasteiger partial charge in [-0.2, -0.15) is 0 Å². The number of thiophene rings is 1. The molecule has 3 rings (SSSR count). The second-order valence-electron chi connectivity index (χ2n) is 6.03. The van der Waals surface area contributed by atoms with E-state index in [0.717, 1.165) is 23.7 Å². The largest absolute Gasteiger partial charge is 0.386 e. The molecule has 1 fully saturated rings. The molecule has 3 heterocycles. The van der Waals surface area contributed by atoms with Gasteiger partial charge in [-0.1, -0.05) is 6.07 Å². The minimum atomic E-state index is -0.919. The average Bonchev–Trinajstić information content (AvgIpc) is 3.00. The van der Waals surface area contributed by atoms with E-state index in [1.54, 1.807) is 6.20 Å². The first-order valence-corrected chi connectivity index (χ1v) is 8.60. The van der Waals surface area contributed by atoms with E-state index >= 15 is 0 Å². The van der Waals surface area contributed by atoms with Gasteiger partial charge in [-0.3, -0.25) is 4.79 Å². The molecule has 6 heteroatoms. The fraction of sp³-hybridized carbons (Fsp3) is 0.412. The maximum atomic E-state index is 12.2. The zero-order chi connectivity index (χ0) is 16.3. The van der Waals surface area contributed by atoms with Crippen molar-refractivity contribution < 1.29 is 9.90 Å². The van der Waals surface area contributed by atoms with Crippen LogP contribution in [0, 0.1) is 6.92 Å². The Kier molecular flexibility index (Phi) is 4.63. The predicted octanol–water partition coefficient (Wildman–Crippen LogP) is 2.21. The lowest BCUT2D eigenvalue weighted by molar-refractivity contribution is 0.0255. The van der Waals surface area contributed by atoms with Crippen molar-refractivity contribution in [1.29, 1.82) is 0 Å². The number of hydrogen-bond acceptors (Lipinski definition) is 5. The van der Waals surface area contributed by atoms with E-state index < -0.39 is 5.60 Å². The quantitative estimate of drug-likeness (QED) is 0.901. The van der Waals surface area contributed by atoms with E-state index in [0.29, 0.717) is 17.8 Å². The third-order valence-corrected chi connectivity index (χ3v) is 5.07. The molecule has 0 spiro atoms. The number of rotatable bonds is 4. The van der Waals surface area contributed by atoms with Crippen molar-refractivity contribution >= 4 is 23.1 Å². The van der Waals surface area contributed by atoms with Crippen LogP contribution < -0.4 is 10.2 Å². The van der Waals surface area contributed by atoms with E-state index in [4.69, 9.17) is 0 Å². The molecule has 1 saturated heterocycles. The molecule has 1 aliphatic rings. The van der Waals surface area contributed by atoms with Gasteiger partial charge in [0.15, 0.2) is 0 Å². The SMILES string of the molecule is Cc1ccc(C(=O)NC[C@@]2(O)CCCN(c3ccccn3)C2)s1. The second-order valence-corrected chi connectivity index (χ2v) is 7.32. The van der Waals surface area contributed by atoms with Crippen molar-refractivity contribution in [3.8, 4) is 0 Å². The first-order valence-electron chi connectivity index (χ1n) is 7.79. The van der Waals surface area contributed by atoms with E-state index in [1.807, 2.05) is 37.3 Å². The van der Waals surface area contributed by atoms with Crippen LogP contribution in [0.2, 0.25) is 0 Å². The van der Waals surface area contributed by atoms with Crippen molar-refractivity contribution in [2.45, 2.75) is 25.4 Å². The summed E-state index contributed by atoms with van der Waals surface area (Å²) in [5.74, 6) is 0.748. The fourth-order valence-corrected chi connectivity index (χ4v) is 3.67. The number of hydrogen-bond donors (Lipinski definition) is 2. The zero-order valence-electron chi connectivity index (χ0n) is 13.2. The van der Waals surface area contributed by atoms with Crippen LogP contribution in [0.3, 0.4) is 0 Å². The van der Waals surface area contributed by atoms with Gasteiger partial charge in [0.05, 0.1) is 10.5 Å². The Morgan fingerprint density at radius 1 is 1.43 bits per heavy atom. The lowest BCUT2D eigenvalue weighted by Gasteiger charge is -2.39. The summed E-state index contributed by atoms with van der Waals surface area (Å²) in [4.78, 5) is 20.4. The Morgan fingerprint density at radius 2 is 2.30 bits per heavy atom. The van der Waals surface area contributed by atoms with Gasteiger partial charge >= 0.3 is 0 Å². The minimum Gasteiger partial charge on any atom is -0.386 e. The zero-order valence-corrected chi connectivity index (χ0v) is 14.0. The maximum Gasteiger partial charge on any atom is 0.261 e. The lowest BCUT2D eigenvalue weighted by atomic mass is 9.92. The lowest BCUT2D eigenvalue weighted by Crippen LogP contribution is -2.54. The molecule has 1 amide bonds. The number of aliphatic hydroxyl groups is 1. The highest BCUT2D eigenvalue weighted by Gasteiger charge is 2.34. The smallest absolute Gasteiger partial charge is 0.261 e. The summed E-state index contributed by atoms with van der Waals surface area (Å²) in [5, 5.41) is 13.7. The molecule has 0 aromatic carbocycles. The van der Waals surface area contributed by atoms with Crippen LogP contribution in [0.25, 0.3) is 0 Å². The molecule has 1 aliphatic heterocycles. The van der Waals surface area contributed by atoms with Gasteiger partial charge in [-0.15, -0.1) is 11.3 Å². The van der Waals surface area contributed by atoms with E-state index in [9.17, 15) is 9.90 Å². The number of pyridine rings is 1. The number of carbonyl (C=O) groups is 1. The van der Waals surface area contributed by atoms with Crippen LogP contribution in [-0.4, -0.2) is 41.2 Å². The fourth-order valence-electron chi connectivity index (χ4n) is 2.88. The number of aryl methyl sites for hydroxylation is 1. The Labute approximate surface area is 140 Å². The topological polar surface area (TPSA) is 65.5 Å². The molecule has 23 heavy (non-hydrogen) atoms. The predicted molar refractivity (Wildman–Crippen MR) is 92.0 cm³/mol. The van der Waals surface area contributed by atoms with Gasteiger partial charge in [-0.25, -0.2) is 4.98 Å². The molecule has 0 aliphatic carbocycles. The summed E-state index contributed by atoms with van der Waals surface area (Å²) in [6, 6.07) is 9.51. The highest BCUT2D eigenvalue weighted by Crippen LogP contribution is 2.24. The molecule has 5 nitrogen and oxygen atoms in total. The number of aromatic nitrogens is 1. The van der Waals surface area contributed by atoms with Crippen molar-refractivity contribution in [2.75, 3.05) is 24.5 Å². The van der Waals surface area contributed by atoms with E-state index in [2.05, 4.69) is 15.2 Å². The molecule has 2 aromatic rings. The molecule has 2 aromatic heterocycles. The first kappa shape index (κ1) is 16.0. The van der Waals surface area contributed by atoms with Crippen LogP contribution in [0.1, 0.15) is 27.4 Å².